The summed E-state index contributed by atoms with van der Waals surface area (Å²) in [4.78, 5) is 13.6. The Bertz CT molecular complexity index is 1360. The maximum absolute atomic E-state index is 13.6. The van der Waals surface area contributed by atoms with Gasteiger partial charge in [-0.1, -0.05) is 54.7 Å². The number of aromatic nitrogens is 2. The van der Waals surface area contributed by atoms with Crippen LogP contribution < -0.4 is 5.32 Å². The lowest BCUT2D eigenvalue weighted by Gasteiger charge is -2.60. The molecule has 3 unspecified atom stereocenters. The minimum Gasteiger partial charge on any atom is -0.350 e. The van der Waals surface area contributed by atoms with Crippen molar-refractivity contribution in [2.75, 3.05) is 6.54 Å². The summed E-state index contributed by atoms with van der Waals surface area (Å²) >= 11 is 19.2. The smallest absolute Gasteiger partial charge is 0.272 e. The van der Waals surface area contributed by atoms with Gasteiger partial charge in [0.1, 0.15) is 0 Å². The van der Waals surface area contributed by atoms with E-state index in [2.05, 4.69) is 19.2 Å². The average molecular weight is 543 g/mol. The quantitative estimate of drug-likeness (QED) is 0.366. The molecule has 0 aliphatic heterocycles. The molecular formula is C29H30Cl3N3O. The number of aryl methyl sites for hydroxylation is 1. The predicted octanol–water partition coefficient (Wildman–Crippen LogP) is 7.79. The lowest BCUT2D eigenvalue weighted by molar-refractivity contribution is -0.103. The van der Waals surface area contributed by atoms with Gasteiger partial charge in [0.25, 0.3) is 5.91 Å². The fourth-order valence-electron chi connectivity index (χ4n) is 6.94. The van der Waals surface area contributed by atoms with Crippen LogP contribution >= 0.6 is 34.8 Å². The van der Waals surface area contributed by atoms with E-state index in [0.717, 1.165) is 47.6 Å². The first-order chi connectivity index (χ1) is 17.2. The van der Waals surface area contributed by atoms with Crippen LogP contribution in [-0.2, 0) is 12.8 Å². The monoisotopic (exact) mass is 541 g/mol. The Hall–Kier alpha value is -2.01. The Morgan fingerprint density at radius 1 is 1.08 bits per heavy atom. The van der Waals surface area contributed by atoms with Crippen LogP contribution in [0.4, 0.5) is 0 Å². The fraction of sp³-hybridized carbons (Fsp3) is 0.448. The van der Waals surface area contributed by atoms with Gasteiger partial charge in [-0.2, -0.15) is 5.10 Å². The Morgan fingerprint density at radius 2 is 1.86 bits per heavy atom. The van der Waals surface area contributed by atoms with Crippen molar-refractivity contribution in [3.05, 3.63) is 68.3 Å². The minimum atomic E-state index is -0.105. The first-order valence-corrected chi connectivity index (χ1v) is 14.0. The largest absolute Gasteiger partial charge is 0.350 e. The van der Waals surface area contributed by atoms with E-state index in [-0.39, 0.29) is 5.91 Å². The normalized spacial score (nSPS) is 23.8. The van der Waals surface area contributed by atoms with Crippen LogP contribution in [0, 0.1) is 23.2 Å². The molecule has 36 heavy (non-hydrogen) atoms. The van der Waals surface area contributed by atoms with E-state index in [1.807, 2.05) is 28.9 Å². The van der Waals surface area contributed by atoms with Crippen LogP contribution in [-0.4, -0.2) is 22.2 Å². The van der Waals surface area contributed by atoms with E-state index in [9.17, 15) is 4.79 Å². The highest BCUT2D eigenvalue weighted by Crippen LogP contribution is 2.61. The topological polar surface area (TPSA) is 46.9 Å². The predicted molar refractivity (Wildman–Crippen MR) is 146 cm³/mol. The van der Waals surface area contributed by atoms with Gasteiger partial charge in [0.2, 0.25) is 0 Å². The van der Waals surface area contributed by atoms with Crippen LogP contribution in [0.1, 0.15) is 61.1 Å². The number of nitrogens with one attached hydrogen (secondary N) is 1. The van der Waals surface area contributed by atoms with E-state index in [1.54, 1.807) is 12.1 Å². The third kappa shape index (κ3) is 3.97. The van der Waals surface area contributed by atoms with Crippen molar-refractivity contribution in [2.24, 2.45) is 23.2 Å². The highest BCUT2D eigenvalue weighted by Gasteiger charge is 2.54. The Labute approximate surface area is 227 Å². The number of halogens is 3. The van der Waals surface area contributed by atoms with Crippen LogP contribution in [0.5, 0.6) is 0 Å². The van der Waals surface area contributed by atoms with Crippen LogP contribution in [0.15, 0.2) is 36.4 Å². The number of amides is 1. The standard InChI is InChI=1S/C29H30Cl3N3O/c1-29(2)18-7-6-17(23(29)13-18)15-33-28(36)26-22-5-3-4-16-12-19(30)8-10-21(16)27(22)35(34-26)25-11-9-20(31)14-24(25)32/h8-12,14,17-18,23H,3-7,13,15H2,1-2H3,(H,33,36). The second kappa shape index (κ2) is 9.08. The van der Waals surface area contributed by atoms with Gasteiger partial charge in [0.15, 0.2) is 5.69 Å². The number of hydrogen-bond donors (Lipinski definition) is 1. The van der Waals surface area contributed by atoms with Crippen molar-refractivity contribution in [2.45, 2.75) is 52.4 Å². The van der Waals surface area contributed by atoms with E-state index in [1.165, 1.54) is 19.3 Å². The number of rotatable bonds is 4. The second-order valence-electron chi connectivity index (χ2n) is 11.2. The summed E-state index contributed by atoms with van der Waals surface area (Å²) in [6.07, 6.45) is 6.33. The molecule has 3 atom stereocenters. The van der Waals surface area contributed by atoms with Gasteiger partial charge in [-0.25, -0.2) is 4.68 Å². The molecule has 7 rings (SSSR count). The third-order valence-corrected chi connectivity index (χ3v) is 9.83. The molecule has 1 N–H and O–H groups in total. The molecule has 4 aliphatic carbocycles. The van der Waals surface area contributed by atoms with Crippen molar-refractivity contribution >= 4 is 40.7 Å². The van der Waals surface area contributed by atoms with Crippen molar-refractivity contribution in [3.63, 3.8) is 0 Å². The van der Waals surface area contributed by atoms with Gasteiger partial charge in [-0.3, -0.25) is 4.79 Å². The second-order valence-corrected chi connectivity index (χ2v) is 12.5. The first-order valence-electron chi connectivity index (χ1n) is 12.9. The molecule has 1 amide bonds. The van der Waals surface area contributed by atoms with Gasteiger partial charge in [-0.05, 0) is 97.6 Å². The Balaban J connectivity index is 1.39. The van der Waals surface area contributed by atoms with Gasteiger partial charge < -0.3 is 5.32 Å². The molecular weight excluding hydrogens is 513 g/mol. The number of nitrogens with zero attached hydrogens (tertiary/aromatic N) is 2. The number of carbonyl (C=O) groups is 1. The van der Waals surface area contributed by atoms with E-state index in [0.29, 0.717) is 50.2 Å². The van der Waals surface area contributed by atoms with Crippen LogP contribution in [0.25, 0.3) is 16.9 Å². The molecule has 1 heterocycles. The third-order valence-electron chi connectivity index (χ3n) is 9.06. The highest BCUT2D eigenvalue weighted by atomic mass is 35.5. The van der Waals surface area contributed by atoms with Gasteiger partial charge in [0, 0.05) is 27.7 Å². The van der Waals surface area contributed by atoms with E-state index < -0.39 is 0 Å². The molecule has 0 saturated heterocycles. The highest BCUT2D eigenvalue weighted by molar-refractivity contribution is 6.35. The fourth-order valence-corrected chi connectivity index (χ4v) is 7.63. The van der Waals surface area contributed by atoms with Crippen molar-refractivity contribution in [1.29, 1.82) is 0 Å². The zero-order valence-electron chi connectivity index (χ0n) is 20.6. The van der Waals surface area contributed by atoms with Gasteiger partial charge in [0.05, 0.1) is 16.4 Å². The lowest BCUT2D eigenvalue weighted by Crippen LogP contribution is -2.54. The first kappa shape index (κ1) is 24.3. The molecule has 3 fully saturated rings. The molecule has 7 heteroatoms. The molecule has 1 aromatic heterocycles. The molecule has 3 aromatic rings. The minimum absolute atomic E-state index is 0.105. The number of carbonyl (C=O) groups excluding carboxylic acids is 1. The maximum Gasteiger partial charge on any atom is 0.272 e. The van der Waals surface area contributed by atoms with Crippen LogP contribution in [0.3, 0.4) is 0 Å². The lowest BCUT2D eigenvalue weighted by atomic mass is 9.45. The summed E-state index contributed by atoms with van der Waals surface area (Å²) in [6, 6.07) is 11.3. The summed E-state index contributed by atoms with van der Waals surface area (Å²) in [7, 11) is 0. The number of hydrogen-bond acceptors (Lipinski definition) is 2. The molecule has 0 spiro atoms. The maximum atomic E-state index is 13.6. The number of fused-ring (bicyclic) bond motifs is 5. The Kier molecular flexibility index (Phi) is 6.13. The molecule has 2 bridgehead atoms. The molecule has 0 radical (unpaired) electrons. The summed E-state index contributed by atoms with van der Waals surface area (Å²) < 4.78 is 1.82. The van der Waals surface area contributed by atoms with Gasteiger partial charge in [-0.15, -0.1) is 0 Å². The molecule has 2 aromatic carbocycles. The number of benzene rings is 2. The van der Waals surface area contributed by atoms with Crippen LogP contribution in [0.2, 0.25) is 15.1 Å². The van der Waals surface area contributed by atoms with Gasteiger partial charge >= 0.3 is 0 Å². The molecule has 3 saturated carbocycles. The van der Waals surface area contributed by atoms with Crippen molar-refractivity contribution in [1.82, 2.24) is 15.1 Å². The summed E-state index contributed by atoms with van der Waals surface area (Å²) in [5.41, 5.74) is 5.65. The SMILES string of the molecule is CC1(C)C2CCC(CNC(=O)c3nn(-c4ccc(Cl)cc4Cl)c4c3CCCc3cc(Cl)ccc3-4)C1C2. The average Bonchev–Trinajstić information content (AvgIpc) is 3.11. The summed E-state index contributed by atoms with van der Waals surface area (Å²) in [5.74, 6) is 1.96. The molecule has 4 nitrogen and oxygen atoms in total. The molecule has 188 valence electrons. The van der Waals surface area contributed by atoms with Crippen molar-refractivity contribution in [3.8, 4) is 16.9 Å². The zero-order valence-corrected chi connectivity index (χ0v) is 22.9. The molecule has 4 aliphatic rings. The van der Waals surface area contributed by atoms with E-state index in [4.69, 9.17) is 39.9 Å². The summed E-state index contributed by atoms with van der Waals surface area (Å²) in [5, 5.41) is 9.90. The Morgan fingerprint density at radius 3 is 2.61 bits per heavy atom. The van der Waals surface area contributed by atoms with E-state index >= 15 is 0 Å². The zero-order chi connectivity index (χ0) is 25.2. The summed E-state index contributed by atoms with van der Waals surface area (Å²) in [6.45, 7) is 5.48. The van der Waals surface area contributed by atoms with Crippen molar-refractivity contribution < 1.29 is 4.79 Å².